The molecular formula is C15H17FN2. The first kappa shape index (κ1) is 11.7. The highest BCUT2D eigenvalue weighted by atomic mass is 19.1. The molecule has 0 spiro atoms. The van der Waals surface area contributed by atoms with E-state index in [9.17, 15) is 4.39 Å². The fourth-order valence-corrected chi connectivity index (χ4v) is 3.48. The van der Waals surface area contributed by atoms with Gasteiger partial charge in [0.05, 0.1) is 5.56 Å². The van der Waals surface area contributed by atoms with Crippen LogP contribution >= 0.6 is 0 Å². The summed E-state index contributed by atoms with van der Waals surface area (Å²) in [6.07, 6.45) is 4.13. The van der Waals surface area contributed by atoms with Gasteiger partial charge in [-0.3, -0.25) is 4.90 Å². The van der Waals surface area contributed by atoms with Gasteiger partial charge in [-0.2, -0.15) is 5.26 Å². The molecule has 2 atom stereocenters. The van der Waals surface area contributed by atoms with Crippen molar-refractivity contribution < 1.29 is 4.39 Å². The van der Waals surface area contributed by atoms with Gasteiger partial charge >= 0.3 is 0 Å². The maximum atomic E-state index is 13.2. The minimum Gasteiger partial charge on any atom is -0.299 e. The fraction of sp³-hybridized carbons (Fsp3) is 0.533. The predicted molar refractivity (Wildman–Crippen MR) is 67.2 cm³/mol. The summed E-state index contributed by atoms with van der Waals surface area (Å²) in [5.74, 6) is 1.33. The number of halogens is 1. The van der Waals surface area contributed by atoms with E-state index in [0.717, 1.165) is 23.9 Å². The maximum absolute atomic E-state index is 13.2. The first-order valence-electron chi connectivity index (χ1n) is 6.67. The lowest BCUT2D eigenvalue weighted by molar-refractivity contribution is 0.303. The van der Waals surface area contributed by atoms with Crippen molar-refractivity contribution in [3.63, 3.8) is 0 Å². The number of nitriles is 1. The van der Waals surface area contributed by atoms with E-state index in [1.807, 2.05) is 6.07 Å². The van der Waals surface area contributed by atoms with Gasteiger partial charge in [-0.25, -0.2) is 4.39 Å². The molecule has 2 unspecified atom stereocenters. The van der Waals surface area contributed by atoms with Crippen LogP contribution in [0.25, 0.3) is 0 Å². The Kier molecular flexibility index (Phi) is 3.05. The topological polar surface area (TPSA) is 27.0 Å². The molecule has 1 aliphatic heterocycles. The van der Waals surface area contributed by atoms with Gasteiger partial charge in [0, 0.05) is 19.6 Å². The summed E-state index contributed by atoms with van der Waals surface area (Å²) in [4.78, 5) is 2.45. The highest BCUT2D eigenvalue weighted by molar-refractivity contribution is 5.34. The molecule has 1 saturated heterocycles. The smallest absolute Gasteiger partial charge is 0.140 e. The van der Waals surface area contributed by atoms with Gasteiger partial charge in [-0.1, -0.05) is 12.5 Å². The van der Waals surface area contributed by atoms with Crippen LogP contribution < -0.4 is 0 Å². The van der Waals surface area contributed by atoms with Crippen molar-refractivity contribution in [3.8, 4) is 6.07 Å². The van der Waals surface area contributed by atoms with Crippen LogP contribution in [0.15, 0.2) is 18.2 Å². The van der Waals surface area contributed by atoms with Gasteiger partial charge in [0.2, 0.25) is 0 Å². The van der Waals surface area contributed by atoms with E-state index in [2.05, 4.69) is 4.90 Å². The van der Waals surface area contributed by atoms with Crippen molar-refractivity contribution in [3.05, 3.63) is 35.1 Å². The third kappa shape index (κ3) is 2.13. The highest BCUT2D eigenvalue weighted by Gasteiger charge is 2.35. The van der Waals surface area contributed by atoms with Gasteiger partial charge in [-0.05, 0) is 42.4 Å². The number of nitrogens with zero attached hydrogens (tertiary/aromatic N) is 2. The van der Waals surface area contributed by atoms with E-state index in [1.54, 1.807) is 12.1 Å². The summed E-state index contributed by atoms with van der Waals surface area (Å²) < 4.78 is 13.2. The van der Waals surface area contributed by atoms with Gasteiger partial charge in [0.25, 0.3) is 0 Å². The molecule has 0 amide bonds. The molecule has 1 saturated carbocycles. The molecule has 0 radical (unpaired) electrons. The zero-order valence-electron chi connectivity index (χ0n) is 10.4. The molecule has 18 heavy (non-hydrogen) atoms. The quantitative estimate of drug-likeness (QED) is 0.799. The SMILES string of the molecule is N#Cc1cc(CN2CC3CCCC3C2)ccc1F. The van der Waals surface area contributed by atoms with Crippen LogP contribution in [0.5, 0.6) is 0 Å². The Morgan fingerprint density at radius 2 is 2.00 bits per heavy atom. The standard InChI is InChI=1S/C15H17FN2/c16-15-5-4-11(6-14(15)7-17)8-18-9-12-2-1-3-13(12)10-18/h4-6,12-13H,1-3,8-10H2. The lowest BCUT2D eigenvalue weighted by Crippen LogP contribution is -2.21. The van der Waals surface area contributed by atoms with Gasteiger partial charge < -0.3 is 0 Å². The number of hydrogen-bond acceptors (Lipinski definition) is 2. The first-order chi connectivity index (χ1) is 8.76. The highest BCUT2D eigenvalue weighted by Crippen LogP contribution is 2.38. The minimum absolute atomic E-state index is 0.159. The zero-order chi connectivity index (χ0) is 12.5. The summed E-state index contributed by atoms with van der Waals surface area (Å²) in [5.41, 5.74) is 1.21. The molecule has 1 aromatic carbocycles. The van der Waals surface area contributed by atoms with E-state index in [4.69, 9.17) is 5.26 Å². The lowest BCUT2D eigenvalue weighted by Gasteiger charge is -2.16. The van der Waals surface area contributed by atoms with Gasteiger partial charge in [0.1, 0.15) is 11.9 Å². The van der Waals surface area contributed by atoms with Crippen LogP contribution in [0.2, 0.25) is 0 Å². The number of fused-ring (bicyclic) bond motifs is 1. The summed E-state index contributed by atoms with van der Waals surface area (Å²) in [7, 11) is 0. The van der Waals surface area contributed by atoms with E-state index >= 15 is 0 Å². The predicted octanol–water partition coefficient (Wildman–Crippen LogP) is 2.93. The second kappa shape index (κ2) is 4.70. The average molecular weight is 244 g/mol. The average Bonchev–Trinajstić information content (AvgIpc) is 2.92. The van der Waals surface area contributed by atoms with Gasteiger partial charge in [-0.15, -0.1) is 0 Å². The fourth-order valence-electron chi connectivity index (χ4n) is 3.48. The maximum Gasteiger partial charge on any atom is 0.140 e. The molecule has 0 aromatic heterocycles. The van der Waals surface area contributed by atoms with Crippen molar-refractivity contribution in [1.29, 1.82) is 5.26 Å². The Morgan fingerprint density at radius 3 is 2.67 bits per heavy atom. The lowest BCUT2D eigenvalue weighted by atomic mass is 10.0. The third-order valence-electron chi connectivity index (χ3n) is 4.36. The monoisotopic (exact) mass is 244 g/mol. The molecule has 2 fully saturated rings. The van der Waals surface area contributed by atoms with Crippen molar-refractivity contribution in [2.24, 2.45) is 11.8 Å². The van der Waals surface area contributed by atoms with Gasteiger partial charge in [0.15, 0.2) is 0 Å². The van der Waals surface area contributed by atoms with E-state index < -0.39 is 5.82 Å². The van der Waals surface area contributed by atoms with E-state index in [1.165, 1.54) is 38.4 Å². The van der Waals surface area contributed by atoms with Crippen LogP contribution in [-0.2, 0) is 6.54 Å². The molecule has 0 bridgehead atoms. The number of benzene rings is 1. The van der Waals surface area contributed by atoms with Crippen LogP contribution in [0, 0.1) is 29.0 Å². The summed E-state index contributed by atoms with van der Waals surface area (Å²) in [5, 5.41) is 8.83. The summed E-state index contributed by atoms with van der Waals surface area (Å²) in [6.45, 7) is 3.19. The first-order valence-corrected chi connectivity index (χ1v) is 6.67. The van der Waals surface area contributed by atoms with Crippen molar-refractivity contribution in [2.45, 2.75) is 25.8 Å². The summed E-state index contributed by atoms with van der Waals surface area (Å²) in [6, 6.07) is 6.79. The minimum atomic E-state index is -0.417. The second-order valence-corrected chi connectivity index (χ2v) is 5.57. The van der Waals surface area contributed by atoms with Crippen molar-refractivity contribution in [1.82, 2.24) is 4.90 Å². The van der Waals surface area contributed by atoms with Crippen LogP contribution in [-0.4, -0.2) is 18.0 Å². The number of rotatable bonds is 2. The molecule has 0 N–H and O–H groups in total. The molecule has 94 valence electrons. The molecule has 3 heteroatoms. The second-order valence-electron chi connectivity index (χ2n) is 5.57. The Balaban J connectivity index is 1.69. The Labute approximate surface area is 107 Å². The molecule has 2 aliphatic rings. The molecule has 2 nitrogen and oxygen atoms in total. The van der Waals surface area contributed by atoms with E-state index in [-0.39, 0.29) is 5.56 Å². The third-order valence-corrected chi connectivity index (χ3v) is 4.36. The molecular weight excluding hydrogens is 227 g/mol. The molecule has 3 rings (SSSR count). The summed E-state index contributed by atoms with van der Waals surface area (Å²) >= 11 is 0. The Morgan fingerprint density at radius 1 is 1.28 bits per heavy atom. The molecule has 1 aliphatic carbocycles. The molecule has 1 heterocycles. The number of hydrogen-bond donors (Lipinski definition) is 0. The van der Waals surface area contributed by atoms with Crippen LogP contribution in [0.3, 0.4) is 0 Å². The number of likely N-dealkylation sites (tertiary alicyclic amines) is 1. The Bertz CT molecular complexity index is 480. The van der Waals surface area contributed by atoms with Crippen molar-refractivity contribution >= 4 is 0 Å². The van der Waals surface area contributed by atoms with E-state index in [0.29, 0.717) is 0 Å². The molecule has 1 aromatic rings. The van der Waals surface area contributed by atoms with Crippen LogP contribution in [0.1, 0.15) is 30.4 Å². The van der Waals surface area contributed by atoms with Crippen molar-refractivity contribution in [2.75, 3.05) is 13.1 Å². The zero-order valence-corrected chi connectivity index (χ0v) is 10.4. The van der Waals surface area contributed by atoms with Crippen LogP contribution in [0.4, 0.5) is 4.39 Å². The normalized spacial score (nSPS) is 27.1. The largest absolute Gasteiger partial charge is 0.299 e. The Hall–Kier alpha value is -1.40.